The Balaban J connectivity index is 2.07. The lowest BCUT2D eigenvalue weighted by Crippen LogP contribution is -1.81. The minimum absolute atomic E-state index is 0.657. The normalized spacial score (nSPS) is 15.1. The van der Waals surface area contributed by atoms with Gasteiger partial charge >= 0.3 is 0 Å². The van der Waals surface area contributed by atoms with Gasteiger partial charge in [0.1, 0.15) is 0 Å². The Morgan fingerprint density at radius 3 is 2.56 bits per heavy atom. The Morgan fingerprint density at radius 2 is 1.72 bits per heavy atom. The van der Waals surface area contributed by atoms with E-state index in [1.54, 1.807) is 6.07 Å². The van der Waals surface area contributed by atoms with Gasteiger partial charge < -0.3 is 0 Å². The van der Waals surface area contributed by atoms with Crippen molar-refractivity contribution in [1.82, 2.24) is 0 Å². The highest BCUT2D eigenvalue weighted by molar-refractivity contribution is 6.35. The fraction of sp³-hybridized carbons (Fsp3) is 0. The van der Waals surface area contributed by atoms with E-state index in [2.05, 4.69) is 30.4 Å². The molecule has 0 heterocycles. The highest BCUT2D eigenvalue weighted by atomic mass is 35.5. The molecule has 2 heteroatoms. The molecule has 0 radical (unpaired) electrons. The molecule has 0 saturated heterocycles. The first-order valence-electron chi connectivity index (χ1n) is 5.68. The standard InChI is InChI=1S/C16H10Cl2/c17-14-8-7-13(16(18)10-14)9-12-6-5-11-3-1-2-4-15(11)12/h1-10H. The molecule has 0 amide bonds. The molecule has 0 fully saturated rings. The van der Waals surface area contributed by atoms with Crippen molar-refractivity contribution in [3.8, 4) is 0 Å². The summed E-state index contributed by atoms with van der Waals surface area (Å²) in [5, 5.41) is 1.33. The third-order valence-corrected chi connectivity index (χ3v) is 3.55. The predicted molar refractivity (Wildman–Crippen MR) is 79.8 cm³/mol. The third-order valence-electron chi connectivity index (χ3n) is 2.99. The quantitative estimate of drug-likeness (QED) is 0.638. The van der Waals surface area contributed by atoms with E-state index in [-0.39, 0.29) is 0 Å². The van der Waals surface area contributed by atoms with Crippen LogP contribution in [-0.4, -0.2) is 0 Å². The second-order valence-electron chi connectivity index (χ2n) is 4.19. The van der Waals surface area contributed by atoms with E-state index in [9.17, 15) is 0 Å². The predicted octanol–water partition coefficient (Wildman–Crippen LogP) is 5.56. The number of hydrogen-bond donors (Lipinski definition) is 0. The monoisotopic (exact) mass is 272 g/mol. The number of benzene rings is 2. The van der Waals surface area contributed by atoms with Gasteiger partial charge in [0.2, 0.25) is 0 Å². The fourth-order valence-corrected chi connectivity index (χ4v) is 2.55. The first-order valence-corrected chi connectivity index (χ1v) is 6.44. The van der Waals surface area contributed by atoms with Gasteiger partial charge in [-0.15, -0.1) is 0 Å². The molecule has 1 aliphatic rings. The molecule has 3 rings (SSSR count). The van der Waals surface area contributed by atoms with Crippen LogP contribution in [0.2, 0.25) is 10.0 Å². The Labute approximate surface area is 116 Å². The molecule has 0 nitrogen and oxygen atoms in total. The van der Waals surface area contributed by atoms with Crippen molar-refractivity contribution in [2.24, 2.45) is 0 Å². The molecule has 0 unspecified atom stereocenters. The first kappa shape index (κ1) is 11.6. The van der Waals surface area contributed by atoms with Gasteiger partial charge in [0.25, 0.3) is 0 Å². The second kappa shape index (κ2) is 4.64. The minimum Gasteiger partial charge on any atom is -0.0843 e. The maximum Gasteiger partial charge on any atom is 0.0493 e. The Kier molecular flexibility index (Phi) is 2.99. The number of hydrogen-bond acceptors (Lipinski definition) is 0. The fourth-order valence-electron chi connectivity index (χ4n) is 2.09. The number of fused-ring (bicyclic) bond motifs is 1. The molecule has 0 aliphatic heterocycles. The molecule has 18 heavy (non-hydrogen) atoms. The van der Waals surface area contributed by atoms with Gasteiger partial charge in [-0.05, 0) is 40.5 Å². The molecule has 2 aromatic carbocycles. The maximum atomic E-state index is 6.18. The lowest BCUT2D eigenvalue weighted by molar-refractivity contribution is 1.61. The molecule has 0 N–H and O–H groups in total. The molecular formula is C16H10Cl2. The van der Waals surface area contributed by atoms with Crippen molar-refractivity contribution < 1.29 is 0 Å². The van der Waals surface area contributed by atoms with Crippen LogP contribution in [0.5, 0.6) is 0 Å². The summed E-state index contributed by atoms with van der Waals surface area (Å²) in [4.78, 5) is 0. The maximum absolute atomic E-state index is 6.18. The summed E-state index contributed by atoms with van der Waals surface area (Å²) >= 11 is 12.1. The van der Waals surface area contributed by atoms with Gasteiger partial charge in [-0.3, -0.25) is 0 Å². The SMILES string of the molecule is Clc1ccc(C=C2C=Cc3ccccc32)c(Cl)c1. The molecular weight excluding hydrogens is 263 g/mol. The smallest absolute Gasteiger partial charge is 0.0493 e. The summed E-state index contributed by atoms with van der Waals surface area (Å²) in [6.07, 6.45) is 6.31. The van der Waals surface area contributed by atoms with E-state index in [1.807, 2.05) is 24.3 Å². The van der Waals surface area contributed by atoms with Crippen LogP contribution in [0.4, 0.5) is 0 Å². The van der Waals surface area contributed by atoms with Crippen LogP contribution in [0, 0.1) is 0 Å². The summed E-state index contributed by atoms with van der Waals surface area (Å²) < 4.78 is 0. The minimum atomic E-state index is 0.657. The first-order chi connectivity index (χ1) is 8.74. The highest BCUT2D eigenvalue weighted by Crippen LogP contribution is 2.32. The van der Waals surface area contributed by atoms with Crippen LogP contribution in [-0.2, 0) is 0 Å². The van der Waals surface area contributed by atoms with Crippen LogP contribution < -0.4 is 0 Å². The lowest BCUT2D eigenvalue weighted by atomic mass is 10.0. The van der Waals surface area contributed by atoms with Crippen LogP contribution in [0.25, 0.3) is 17.7 Å². The van der Waals surface area contributed by atoms with E-state index in [4.69, 9.17) is 23.2 Å². The van der Waals surface area contributed by atoms with E-state index < -0.39 is 0 Å². The van der Waals surface area contributed by atoms with Crippen LogP contribution in [0.3, 0.4) is 0 Å². The molecule has 88 valence electrons. The summed E-state index contributed by atoms with van der Waals surface area (Å²) in [7, 11) is 0. The van der Waals surface area contributed by atoms with E-state index in [0.29, 0.717) is 10.0 Å². The van der Waals surface area contributed by atoms with Crippen molar-refractivity contribution in [2.75, 3.05) is 0 Å². The summed E-state index contributed by atoms with van der Waals surface area (Å²) in [6, 6.07) is 13.9. The third kappa shape index (κ3) is 2.10. The number of halogens is 2. The summed E-state index contributed by atoms with van der Waals surface area (Å²) in [5.74, 6) is 0. The van der Waals surface area contributed by atoms with E-state index in [1.165, 1.54) is 16.7 Å². The largest absolute Gasteiger partial charge is 0.0843 e. The van der Waals surface area contributed by atoms with Crippen LogP contribution >= 0.6 is 23.2 Å². The summed E-state index contributed by atoms with van der Waals surface area (Å²) in [5.41, 5.74) is 4.64. The molecule has 0 atom stereocenters. The van der Waals surface area contributed by atoms with Crippen molar-refractivity contribution in [1.29, 1.82) is 0 Å². The topological polar surface area (TPSA) is 0 Å². The van der Waals surface area contributed by atoms with Gasteiger partial charge in [0, 0.05) is 10.0 Å². The van der Waals surface area contributed by atoms with Gasteiger partial charge in [-0.1, -0.05) is 65.7 Å². The van der Waals surface area contributed by atoms with E-state index in [0.717, 1.165) is 5.56 Å². The van der Waals surface area contributed by atoms with E-state index >= 15 is 0 Å². The molecule has 0 saturated carbocycles. The lowest BCUT2D eigenvalue weighted by Gasteiger charge is -2.03. The molecule has 0 bridgehead atoms. The second-order valence-corrected chi connectivity index (χ2v) is 5.03. The zero-order valence-electron chi connectivity index (χ0n) is 9.53. The Hall–Kier alpha value is -1.50. The van der Waals surface area contributed by atoms with Crippen molar-refractivity contribution in [3.05, 3.63) is 75.3 Å². The zero-order chi connectivity index (χ0) is 12.5. The zero-order valence-corrected chi connectivity index (χ0v) is 11.0. The van der Waals surface area contributed by atoms with Gasteiger partial charge in [0.05, 0.1) is 0 Å². The van der Waals surface area contributed by atoms with Crippen LogP contribution in [0.1, 0.15) is 16.7 Å². The highest BCUT2D eigenvalue weighted by Gasteiger charge is 2.09. The van der Waals surface area contributed by atoms with Crippen LogP contribution in [0.15, 0.2) is 48.5 Å². The van der Waals surface area contributed by atoms with Crippen molar-refractivity contribution >= 4 is 40.9 Å². The summed E-state index contributed by atoms with van der Waals surface area (Å²) in [6.45, 7) is 0. The Bertz CT molecular complexity index is 667. The molecule has 1 aliphatic carbocycles. The average Bonchev–Trinajstić information content (AvgIpc) is 2.76. The molecule has 2 aromatic rings. The van der Waals surface area contributed by atoms with Crippen molar-refractivity contribution in [3.63, 3.8) is 0 Å². The van der Waals surface area contributed by atoms with Crippen molar-refractivity contribution in [2.45, 2.75) is 0 Å². The van der Waals surface area contributed by atoms with Gasteiger partial charge in [0.15, 0.2) is 0 Å². The number of allylic oxidation sites excluding steroid dienone is 2. The molecule has 0 aromatic heterocycles. The van der Waals surface area contributed by atoms with Gasteiger partial charge in [-0.25, -0.2) is 0 Å². The van der Waals surface area contributed by atoms with Gasteiger partial charge in [-0.2, -0.15) is 0 Å². The Morgan fingerprint density at radius 1 is 0.889 bits per heavy atom. The molecule has 0 spiro atoms. The average molecular weight is 273 g/mol. The number of rotatable bonds is 1.